The van der Waals surface area contributed by atoms with Gasteiger partial charge in [0.05, 0.1) is 40.9 Å². The Balaban J connectivity index is 1.57. The summed E-state index contributed by atoms with van der Waals surface area (Å²) >= 11 is 12.0. The van der Waals surface area contributed by atoms with Crippen LogP contribution in [-0.2, 0) is 14.3 Å². The molecule has 8 nitrogen and oxygen atoms in total. The number of hydrogen-bond donors (Lipinski definition) is 2. The van der Waals surface area contributed by atoms with Gasteiger partial charge in [-0.2, -0.15) is 0 Å². The second-order valence-electron chi connectivity index (χ2n) is 7.11. The molecule has 1 unspecified atom stereocenters. The molecule has 1 aromatic carbocycles. The standard InChI is InChI=1S/C19H18Cl2N4O4/c1-9-4-11(19(28)22-18(9)27)16-6-15(17(8-26)29-16)25-7-14(23-24-25)10-2-3-12(20)13(21)5-10/h2-5,7,11,15-17,26H,6,8H2,1H3,(H,22,27,28)/t11?,15-,16+,17+/m0/s1. The van der Waals surface area contributed by atoms with Crippen LogP contribution >= 0.6 is 23.2 Å². The minimum atomic E-state index is -0.607. The Morgan fingerprint density at radius 2 is 2.10 bits per heavy atom. The van der Waals surface area contributed by atoms with Crippen molar-refractivity contribution in [2.45, 2.75) is 31.6 Å². The Morgan fingerprint density at radius 1 is 1.31 bits per heavy atom. The zero-order chi connectivity index (χ0) is 20.7. The van der Waals surface area contributed by atoms with Gasteiger partial charge in [0.15, 0.2) is 0 Å². The SMILES string of the molecule is CC1=CC([C@H]2C[C@H](n3cc(-c4ccc(Cl)c(Cl)c4)nn3)[C@@H](CO)O2)C(=O)NC1=O. The molecule has 4 rings (SSSR count). The van der Waals surface area contributed by atoms with Gasteiger partial charge in [-0.1, -0.05) is 40.6 Å². The topological polar surface area (TPSA) is 106 Å². The van der Waals surface area contributed by atoms with E-state index in [1.165, 1.54) is 0 Å². The normalized spacial score (nSPS) is 27.1. The molecular formula is C19H18Cl2N4O4. The van der Waals surface area contributed by atoms with E-state index < -0.39 is 29.9 Å². The molecule has 3 heterocycles. The first kappa shape index (κ1) is 20.0. The zero-order valence-electron chi connectivity index (χ0n) is 15.4. The molecular weight excluding hydrogens is 419 g/mol. The molecule has 0 saturated carbocycles. The molecule has 10 heteroatoms. The van der Waals surface area contributed by atoms with Crippen LogP contribution in [0.25, 0.3) is 11.3 Å². The molecule has 0 bridgehead atoms. The molecule has 1 saturated heterocycles. The van der Waals surface area contributed by atoms with E-state index in [1.807, 2.05) is 0 Å². The van der Waals surface area contributed by atoms with E-state index in [1.54, 1.807) is 42.1 Å². The van der Waals surface area contributed by atoms with E-state index in [9.17, 15) is 14.7 Å². The molecule has 152 valence electrons. The molecule has 4 atom stereocenters. The Hall–Kier alpha value is -2.26. The number of aromatic nitrogens is 3. The molecule has 2 aromatic rings. The maximum Gasteiger partial charge on any atom is 0.253 e. The van der Waals surface area contributed by atoms with Crippen molar-refractivity contribution in [3.63, 3.8) is 0 Å². The summed E-state index contributed by atoms with van der Waals surface area (Å²) in [4.78, 5) is 23.9. The third-order valence-electron chi connectivity index (χ3n) is 5.23. The fourth-order valence-electron chi connectivity index (χ4n) is 3.65. The highest BCUT2D eigenvalue weighted by molar-refractivity contribution is 6.42. The number of nitrogens with one attached hydrogen (secondary N) is 1. The maximum atomic E-state index is 12.2. The number of carbonyl (C=O) groups is 2. The Kier molecular flexibility index (Phi) is 5.44. The quantitative estimate of drug-likeness (QED) is 0.711. The summed E-state index contributed by atoms with van der Waals surface area (Å²) in [6.07, 6.45) is 2.75. The second-order valence-corrected chi connectivity index (χ2v) is 7.92. The van der Waals surface area contributed by atoms with Gasteiger partial charge in [-0.25, -0.2) is 4.68 Å². The van der Waals surface area contributed by atoms with Crippen LogP contribution in [0, 0.1) is 5.92 Å². The number of ether oxygens (including phenoxy) is 1. The third kappa shape index (κ3) is 3.81. The predicted octanol–water partition coefficient (Wildman–Crippen LogP) is 2.16. The summed E-state index contributed by atoms with van der Waals surface area (Å²) in [5, 5.41) is 21.3. The van der Waals surface area contributed by atoms with Crippen molar-refractivity contribution < 1.29 is 19.4 Å². The molecule has 2 aliphatic heterocycles. The summed E-state index contributed by atoms with van der Waals surface area (Å²) in [6, 6.07) is 4.86. The number of carbonyl (C=O) groups excluding carboxylic acids is 2. The van der Waals surface area contributed by atoms with E-state index in [-0.39, 0.29) is 12.6 Å². The van der Waals surface area contributed by atoms with Crippen molar-refractivity contribution in [3.8, 4) is 11.3 Å². The molecule has 1 fully saturated rings. The number of aliphatic hydroxyl groups is 1. The van der Waals surface area contributed by atoms with Crippen LogP contribution in [-0.4, -0.2) is 50.7 Å². The molecule has 2 N–H and O–H groups in total. The van der Waals surface area contributed by atoms with Crippen molar-refractivity contribution in [3.05, 3.63) is 46.1 Å². The highest BCUT2D eigenvalue weighted by Gasteiger charge is 2.43. The number of aliphatic hydroxyl groups excluding tert-OH is 1. The van der Waals surface area contributed by atoms with Crippen LogP contribution in [0.5, 0.6) is 0 Å². The predicted molar refractivity (Wildman–Crippen MR) is 105 cm³/mol. The molecule has 2 aliphatic rings. The largest absolute Gasteiger partial charge is 0.394 e. The van der Waals surface area contributed by atoms with Crippen LogP contribution in [0.15, 0.2) is 36.0 Å². The number of amides is 2. The van der Waals surface area contributed by atoms with Crippen molar-refractivity contribution in [1.82, 2.24) is 20.3 Å². The summed E-state index contributed by atoms with van der Waals surface area (Å²) in [6.45, 7) is 1.41. The summed E-state index contributed by atoms with van der Waals surface area (Å²) in [5.74, 6) is -1.41. The first-order chi connectivity index (χ1) is 13.9. The summed E-state index contributed by atoms with van der Waals surface area (Å²) < 4.78 is 7.55. The average molecular weight is 437 g/mol. The summed E-state index contributed by atoms with van der Waals surface area (Å²) in [5.41, 5.74) is 1.82. The Labute approximate surface area is 176 Å². The van der Waals surface area contributed by atoms with Gasteiger partial charge in [0.25, 0.3) is 5.91 Å². The Bertz CT molecular complexity index is 1010. The van der Waals surface area contributed by atoms with Gasteiger partial charge in [-0.05, 0) is 25.5 Å². The minimum Gasteiger partial charge on any atom is -0.394 e. The molecule has 1 aromatic heterocycles. The van der Waals surface area contributed by atoms with Gasteiger partial charge in [-0.3, -0.25) is 14.9 Å². The third-order valence-corrected chi connectivity index (χ3v) is 5.96. The average Bonchev–Trinajstić information content (AvgIpc) is 3.33. The van der Waals surface area contributed by atoms with Crippen LogP contribution in [0.4, 0.5) is 0 Å². The van der Waals surface area contributed by atoms with Gasteiger partial charge < -0.3 is 9.84 Å². The van der Waals surface area contributed by atoms with Crippen molar-refractivity contribution in [1.29, 1.82) is 0 Å². The first-order valence-electron chi connectivity index (χ1n) is 9.04. The van der Waals surface area contributed by atoms with Crippen molar-refractivity contribution in [2.24, 2.45) is 5.92 Å². The molecule has 0 spiro atoms. The van der Waals surface area contributed by atoms with E-state index in [2.05, 4.69) is 15.6 Å². The van der Waals surface area contributed by atoms with E-state index >= 15 is 0 Å². The van der Waals surface area contributed by atoms with Crippen LogP contribution < -0.4 is 5.32 Å². The highest BCUT2D eigenvalue weighted by atomic mass is 35.5. The first-order valence-corrected chi connectivity index (χ1v) is 9.80. The molecule has 0 radical (unpaired) electrons. The lowest BCUT2D eigenvalue weighted by Crippen LogP contribution is -2.44. The Morgan fingerprint density at radius 3 is 2.83 bits per heavy atom. The van der Waals surface area contributed by atoms with E-state index in [0.717, 1.165) is 5.56 Å². The number of nitrogens with zero attached hydrogens (tertiary/aromatic N) is 3. The lowest BCUT2D eigenvalue weighted by Gasteiger charge is -2.23. The smallest absolute Gasteiger partial charge is 0.253 e. The van der Waals surface area contributed by atoms with Crippen molar-refractivity contribution in [2.75, 3.05) is 6.61 Å². The molecule has 2 amide bonds. The lowest BCUT2D eigenvalue weighted by molar-refractivity contribution is -0.134. The summed E-state index contributed by atoms with van der Waals surface area (Å²) in [7, 11) is 0. The highest BCUT2D eigenvalue weighted by Crippen LogP contribution is 2.36. The fraction of sp³-hybridized carbons (Fsp3) is 0.368. The lowest BCUT2D eigenvalue weighted by atomic mass is 9.92. The van der Waals surface area contributed by atoms with Gasteiger partial charge in [-0.15, -0.1) is 5.10 Å². The maximum absolute atomic E-state index is 12.2. The minimum absolute atomic E-state index is 0.237. The number of rotatable bonds is 4. The second kappa shape index (κ2) is 7.87. The van der Waals surface area contributed by atoms with E-state index in [4.69, 9.17) is 27.9 Å². The number of hydrogen-bond acceptors (Lipinski definition) is 6. The number of imide groups is 1. The number of halogens is 2. The molecule has 0 aliphatic carbocycles. The van der Waals surface area contributed by atoms with E-state index in [0.29, 0.717) is 27.7 Å². The fourth-order valence-corrected chi connectivity index (χ4v) is 3.95. The van der Waals surface area contributed by atoms with Gasteiger partial charge >= 0.3 is 0 Å². The zero-order valence-corrected chi connectivity index (χ0v) is 16.9. The van der Waals surface area contributed by atoms with Crippen LogP contribution in [0.2, 0.25) is 10.0 Å². The van der Waals surface area contributed by atoms with Gasteiger partial charge in [0, 0.05) is 11.1 Å². The van der Waals surface area contributed by atoms with Crippen LogP contribution in [0.3, 0.4) is 0 Å². The number of benzene rings is 1. The molecule has 29 heavy (non-hydrogen) atoms. The van der Waals surface area contributed by atoms with Crippen molar-refractivity contribution >= 4 is 35.0 Å². The monoisotopic (exact) mass is 436 g/mol. The van der Waals surface area contributed by atoms with Gasteiger partial charge in [0.2, 0.25) is 5.91 Å². The van der Waals surface area contributed by atoms with Gasteiger partial charge in [0.1, 0.15) is 11.8 Å². The van der Waals surface area contributed by atoms with Crippen LogP contribution in [0.1, 0.15) is 19.4 Å².